The van der Waals surface area contributed by atoms with Gasteiger partial charge in [0, 0.05) is 31.9 Å². The van der Waals surface area contributed by atoms with Crippen LogP contribution in [-0.4, -0.2) is 45.1 Å². The summed E-state index contributed by atoms with van der Waals surface area (Å²) in [7, 11) is 1.69. The number of ether oxygens (including phenoxy) is 1. The Hall–Kier alpha value is -1.10. The molecule has 1 aromatic carbocycles. The van der Waals surface area contributed by atoms with Crippen LogP contribution in [0.1, 0.15) is 25.5 Å². The van der Waals surface area contributed by atoms with Gasteiger partial charge in [-0.2, -0.15) is 0 Å². The molecule has 0 saturated carbocycles. The zero-order valence-electron chi connectivity index (χ0n) is 12.2. The normalized spacial score (nSPS) is 12.4. The minimum Gasteiger partial charge on any atom is -0.395 e. The number of anilines is 1. The Balaban J connectivity index is 2.70. The van der Waals surface area contributed by atoms with Crippen LogP contribution in [0, 0.1) is 0 Å². The second-order valence-electron chi connectivity index (χ2n) is 4.57. The largest absolute Gasteiger partial charge is 0.395 e. The number of aliphatic hydroxyl groups is 1. The second-order valence-corrected chi connectivity index (χ2v) is 4.57. The van der Waals surface area contributed by atoms with E-state index in [1.165, 1.54) is 5.56 Å². The highest BCUT2D eigenvalue weighted by Gasteiger charge is 2.07. The third-order valence-corrected chi connectivity index (χ3v) is 3.20. The molecule has 1 aromatic rings. The molecule has 0 aliphatic heterocycles. The summed E-state index contributed by atoms with van der Waals surface area (Å²) >= 11 is 0. The molecule has 1 rings (SSSR count). The van der Waals surface area contributed by atoms with Gasteiger partial charge in [-0.05, 0) is 31.2 Å². The molecule has 4 heteroatoms. The number of nitrogens with zero attached hydrogens (tertiary/aromatic N) is 1. The maximum absolute atomic E-state index is 9.12. The molecular weight excluding hydrogens is 240 g/mol. The summed E-state index contributed by atoms with van der Waals surface area (Å²) in [6.45, 7) is 7.47. The maximum Gasteiger partial charge on any atom is 0.0637 e. The van der Waals surface area contributed by atoms with Crippen LogP contribution >= 0.6 is 0 Å². The molecule has 0 fully saturated rings. The first-order valence-electron chi connectivity index (χ1n) is 6.91. The molecule has 0 heterocycles. The Morgan fingerprint density at radius 1 is 1.26 bits per heavy atom. The number of benzene rings is 1. The summed E-state index contributed by atoms with van der Waals surface area (Å²) in [6.07, 6.45) is 0. The van der Waals surface area contributed by atoms with Crippen molar-refractivity contribution in [2.24, 2.45) is 0 Å². The van der Waals surface area contributed by atoms with E-state index in [4.69, 9.17) is 9.84 Å². The van der Waals surface area contributed by atoms with Crippen LogP contribution in [0.4, 0.5) is 5.69 Å². The molecule has 0 aliphatic carbocycles. The SMILES string of the molecule is CCNC(C)c1ccc(N(CCO)CCOC)cc1. The zero-order chi connectivity index (χ0) is 14.1. The molecule has 0 aromatic heterocycles. The molecule has 4 nitrogen and oxygen atoms in total. The zero-order valence-corrected chi connectivity index (χ0v) is 12.2. The van der Waals surface area contributed by atoms with Crippen molar-refractivity contribution in [3.8, 4) is 0 Å². The molecule has 0 bridgehead atoms. The lowest BCUT2D eigenvalue weighted by molar-refractivity contribution is 0.203. The number of methoxy groups -OCH3 is 1. The van der Waals surface area contributed by atoms with Crippen LogP contribution in [0.3, 0.4) is 0 Å². The number of rotatable bonds is 9. The quantitative estimate of drug-likeness (QED) is 0.715. The van der Waals surface area contributed by atoms with Crippen molar-refractivity contribution in [3.63, 3.8) is 0 Å². The molecule has 0 spiro atoms. The minimum atomic E-state index is 0.152. The Bertz CT molecular complexity index is 341. The van der Waals surface area contributed by atoms with Crippen molar-refractivity contribution in [2.45, 2.75) is 19.9 Å². The number of nitrogens with one attached hydrogen (secondary N) is 1. The van der Waals surface area contributed by atoms with Crippen LogP contribution < -0.4 is 10.2 Å². The first-order chi connectivity index (χ1) is 9.22. The third kappa shape index (κ3) is 5.19. The molecule has 19 heavy (non-hydrogen) atoms. The van der Waals surface area contributed by atoms with E-state index in [0.717, 1.165) is 18.8 Å². The van der Waals surface area contributed by atoms with Crippen LogP contribution in [0.15, 0.2) is 24.3 Å². The average molecular weight is 266 g/mol. The summed E-state index contributed by atoms with van der Waals surface area (Å²) in [5, 5.41) is 12.5. The predicted molar refractivity (Wildman–Crippen MR) is 79.7 cm³/mol. The fourth-order valence-corrected chi connectivity index (χ4v) is 2.09. The monoisotopic (exact) mass is 266 g/mol. The number of hydrogen-bond acceptors (Lipinski definition) is 4. The van der Waals surface area contributed by atoms with E-state index >= 15 is 0 Å². The topological polar surface area (TPSA) is 44.7 Å². The smallest absolute Gasteiger partial charge is 0.0637 e. The summed E-state index contributed by atoms with van der Waals surface area (Å²) in [5.74, 6) is 0. The van der Waals surface area contributed by atoms with Gasteiger partial charge in [-0.25, -0.2) is 0 Å². The highest BCUT2D eigenvalue weighted by molar-refractivity contribution is 5.48. The van der Waals surface area contributed by atoms with Crippen molar-refractivity contribution in [3.05, 3.63) is 29.8 Å². The molecule has 108 valence electrons. The maximum atomic E-state index is 9.12. The van der Waals surface area contributed by atoms with Crippen LogP contribution in [0.2, 0.25) is 0 Å². The number of aliphatic hydroxyl groups excluding tert-OH is 1. The van der Waals surface area contributed by atoms with Crippen molar-refractivity contribution in [1.82, 2.24) is 5.32 Å². The van der Waals surface area contributed by atoms with Crippen LogP contribution in [-0.2, 0) is 4.74 Å². The summed E-state index contributed by atoms with van der Waals surface area (Å²) in [5.41, 5.74) is 2.40. The van der Waals surface area contributed by atoms with Gasteiger partial charge < -0.3 is 20.1 Å². The van der Waals surface area contributed by atoms with Crippen LogP contribution in [0.25, 0.3) is 0 Å². The summed E-state index contributed by atoms with van der Waals surface area (Å²) < 4.78 is 5.10. The van der Waals surface area contributed by atoms with E-state index in [1.807, 2.05) is 0 Å². The molecule has 2 N–H and O–H groups in total. The Morgan fingerprint density at radius 3 is 2.47 bits per heavy atom. The number of hydrogen-bond donors (Lipinski definition) is 2. The first-order valence-corrected chi connectivity index (χ1v) is 6.91. The highest BCUT2D eigenvalue weighted by Crippen LogP contribution is 2.19. The standard InChI is InChI=1S/C15H26N2O2/c1-4-16-13(2)14-5-7-15(8-6-14)17(9-11-18)10-12-19-3/h5-8,13,16,18H,4,9-12H2,1-3H3. The van der Waals surface area contributed by atoms with E-state index in [2.05, 4.69) is 48.3 Å². The molecule has 1 atom stereocenters. The predicted octanol–water partition coefficient (Wildman–Crippen LogP) is 1.80. The second kappa shape index (κ2) is 8.91. The van der Waals surface area contributed by atoms with Crippen molar-refractivity contribution < 1.29 is 9.84 Å². The van der Waals surface area contributed by atoms with E-state index in [1.54, 1.807) is 7.11 Å². The molecule has 0 radical (unpaired) electrons. The average Bonchev–Trinajstić information content (AvgIpc) is 2.44. The Morgan fingerprint density at radius 2 is 1.95 bits per heavy atom. The highest BCUT2D eigenvalue weighted by atomic mass is 16.5. The van der Waals surface area contributed by atoms with E-state index in [9.17, 15) is 0 Å². The first kappa shape index (κ1) is 16.0. The van der Waals surface area contributed by atoms with E-state index in [0.29, 0.717) is 19.2 Å². The van der Waals surface area contributed by atoms with Gasteiger partial charge in [0.2, 0.25) is 0 Å². The lowest BCUT2D eigenvalue weighted by Gasteiger charge is -2.24. The van der Waals surface area contributed by atoms with Gasteiger partial charge >= 0.3 is 0 Å². The van der Waals surface area contributed by atoms with Gasteiger partial charge in [-0.1, -0.05) is 19.1 Å². The summed E-state index contributed by atoms with van der Waals surface area (Å²) in [6, 6.07) is 8.85. The molecule has 0 amide bonds. The summed E-state index contributed by atoms with van der Waals surface area (Å²) in [4.78, 5) is 2.13. The lowest BCUT2D eigenvalue weighted by atomic mass is 10.1. The van der Waals surface area contributed by atoms with Gasteiger partial charge in [0.05, 0.1) is 13.2 Å². The van der Waals surface area contributed by atoms with Crippen LogP contribution in [0.5, 0.6) is 0 Å². The molecule has 1 unspecified atom stereocenters. The molecule has 0 aliphatic rings. The van der Waals surface area contributed by atoms with E-state index < -0.39 is 0 Å². The van der Waals surface area contributed by atoms with Crippen molar-refractivity contribution in [2.75, 3.05) is 44.9 Å². The third-order valence-electron chi connectivity index (χ3n) is 3.20. The fraction of sp³-hybridized carbons (Fsp3) is 0.600. The van der Waals surface area contributed by atoms with Crippen molar-refractivity contribution in [1.29, 1.82) is 0 Å². The van der Waals surface area contributed by atoms with Gasteiger partial charge in [-0.15, -0.1) is 0 Å². The minimum absolute atomic E-state index is 0.152. The lowest BCUT2D eigenvalue weighted by Crippen LogP contribution is -2.30. The van der Waals surface area contributed by atoms with Crippen molar-refractivity contribution >= 4 is 5.69 Å². The molecular formula is C15H26N2O2. The van der Waals surface area contributed by atoms with Gasteiger partial charge in [0.25, 0.3) is 0 Å². The fourth-order valence-electron chi connectivity index (χ4n) is 2.09. The van der Waals surface area contributed by atoms with Gasteiger partial charge in [0.1, 0.15) is 0 Å². The Kier molecular flexibility index (Phi) is 7.48. The Labute approximate surface area is 116 Å². The molecule has 0 saturated heterocycles. The van der Waals surface area contributed by atoms with Gasteiger partial charge in [-0.3, -0.25) is 0 Å². The van der Waals surface area contributed by atoms with Gasteiger partial charge in [0.15, 0.2) is 0 Å². The van der Waals surface area contributed by atoms with E-state index in [-0.39, 0.29) is 6.61 Å².